The van der Waals surface area contributed by atoms with Gasteiger partial charge >= 0.3 is 5.97 Å². The molecule has 0 saturated heterocycles. The largest absolute Gasteiger partial charge is 0.503 e. The van der Waals surface area contributed by atoms with Gasteiger partial charge in [0.15, 0.2) is 17.3 Å². The SMILES string of the molecule is CCCOCCOC(=O)C1=C(C)NC2=C(C(=O)CC(C)(C)C2)C1c1cc(Cl)c(O)c(OCC)c1. The second-order valence-corrected chi connectivity index (χ2v) is 9.87. The lowest BCUT2D eigenvalue weighted by Gasteiger charge is -2.39. The summed E-state index contributed by atoms with van der Waals surface area (Å²) in [6.07, 6.45) is 1.91. The van der Waals surface area contributed by atoms with E-state index in [2.05, 4.69) is 19.2 Å². The first-order valence-electron chi connectivity index (χ1n) is 11.7. The van der Waals surface area contributed by atoms with Crippen LogP contribution in [0.2, 0.25) is 5.02 Å². The molecule has 7 nitrogen and oxygen atoms in total. The quantitative estimate of drug-likeness (QED) is 0.370. The molecule has 1 atom stereocenters. The molecular weight excluding hydrogens is 458 g/mol. The van der Waals surface area contributed by atoms with Crippen LogP contribution in [0, 0.1) is 5.41 Å². The number of aromatic hydroxyl groups is 1. The lowest BCUT2D eigenvalue weighted by molar-refractivity contribution is -0.141. The predicted octanol–water partition coefficient (Wildman–Crippen LogP) is 5.02. The molecule has 0 saturated carbocycles. The number of Topliss-reactive ketones (excluding diaryl/α,β-unsaturated/α-hetero) is 1. The zero-order valence-corrected chi connectivity index (χ0v) is 21.3. The number of allylic oxidation sites excluding steroid dienone is 3. The van der Waals surface area contributed by atoms with Gasteiger partial charge in [0.05, 0.1) is 23.8 Å². The highest BCUT2D eigenvalue weighted by Crippen LogP contribution is 2.49. The van der Waals surface area contributed by atoms with Gasteiger partial charge in [0, 0.05) is 35.9 Å². The van der Waals surface area contributed by atoms with Crippen LogP contribution in [0.25, 0.3) is 0 Å². The van der Waals surface area contributed by atoms with Gasteiger partial charge in [0.25, 0.3) is 0 Å². The van der Waals surface area contributed by atoms with Crippen molar-refractivity contribution in [2.45, 2.75) is 59.8 Å². The molecule has 1 unspecified atom stereocenters. The summed E-state index contributed by atoms with van der Waals surface area (Å²) in [4.78, 5) is 26.7. The number of esters is 1. The molecule has 1 aromatic rings. The lowest BCUT2D eigenvalue weighted by atomic mass is 9.68. The van der Waals surface area contributed by atoms with Crippen molar-refractivity contribution in [1.82, 2.24) is 5.32 Å². The van der Waals surface area contributed by atoms with Crippen LogP contribution < -0.4 is 10.1 Å². The zero-order valence-electron chi connectivity index (χ0n) is 20.5. The molecule has 2 N–H and O–H groups in total. The number of carbonyl (C=O) groups excluding carboxylic acids is 2. The number of ether oxygens (including phenoxy) is 3. The summed E-state index contributed by atoms with van der Waals surface area (Å²) in [5.41, 5.74) is 2.67. The predicted molar refractivity (Wildman–Crippen MR) is 130 cm³/mol. The molecule has 0 spiro atoms. The monoisotopic (exact) mass is 491 g/mol. The van der Waals surface area contributed by atoms with E-state index >= 15 is 0 Å². The first-order chi connectivity index (χ1) is 16.1. The Hall–Kier alpha value is -2.51. The van der Waals surface area contributed by atoms with E-state index in [0.717, 1.165) is 12.1 Å². The van der Waals surface area contributed by atoms with Crippen LogP contribution in [0.4, 0.5) is 0 Å². The third-order valence-corrected chi connectivity index (χ3v) is 6.24. The number of dihydropyridines is 1. The van der Waals surface area contributed by atoms with Crippen LogP contribution in [0.15, 0.2) is 34.7 Å². The van der Waals surface area contributed by atoms with Gasteiger partial charge in [0.1, 0.15) is 6.61 Å². The van der Waals surface area contributed by atoms with Crippen LogP contribution in [-0.2, 0) is 19.1 Å². The fraction of sp³-hybridized carbons (Fsp3) is 0.538. The summed E-state index contributed by atoms with van der Waals surface area (Å²) in [5.74, 6) is -1.23. The van der Waals surface area contributed by atoms with Crippen molar-refractivity contribution in [3.05, 3.63) is 45.3 Å². The lowest BCUT2D eigenvalue weighted by Crippen LogP contribution is -2.38. The molecule has 34 heavy (non-hydrogen) atoms. The fourth-order valence-electron chi connectivity index (χ4n) is 4.58. The third kappa shape index (κ3) is 5.58. The average molecular weight is 492 g/mol. The number of phenolic OH excluding ortho intramolecular Hbond substituents is 1. The third-order valence-electron chi connectivity index (χ3n) is 5.95. The van der Waals surface area contributed by atoms with Gasteiger partial charge in [-0.05, 0) is 49.8 Å². The molecule has 0 radical (unpaired) electrons. The number of halogens is 1. The van der Waals surface area contributed by atoms with E-state index in [9.17, 15) is 14.7 Å². The maximum Gasteiger partial charge on any atom is 0.336 e. The Morgan fingerprint density at radius 3 is 2.62 bits per heavy atom. The highest BCUT2D eigenvalue weighted by Gasteiger charge is 2.43. The van der Waals surface area contributed by atoms with Gasteiger partial charge in [-0.15, -0.1) is 0 Å². The van der Waals surface area contributed by atoms with E-state index in [-0.39, 0.29) is 34.3 Å². The van der Waals surface area contributed by atoms with Crippen LogP contribution in [0.1, 0.15) is 65.4 Å². The van der Waals surface area contributed by atoms with Crippen molar-refractivity contribution in [3.8, 4) is 11.5 Å². The van der Waals surface area contributed by atoms with E-state index in [1.54, 1.807) is 26.0 Å². The van der Waals surface area contributed by atoms with Gasteiger partial charge in [-0.2, -0.15) is 0 Å². The fourth-order valence-corrected chi connectivity index (χ4v) is 4.80. The highest BCUT2D eigenvalue weighted by molar-refractivity contribution is 6.32. The van der Waals surface area contributed by atoms with E-state index in [1.807, 2.05) is 6.92 Å². The Labute approximate surface area is 206 Å². The van der Waals surface area contributed by atoms with Crippen molar-refractivity contribution in [1.29, 1.82) is 0 Å². The van der Waals surface area contributed by atoms with E-state index in [4.69, 9.17) is 25.8 Å². The van der Waals surface area contributed by atoms with Crippen LogP contribution in [0.5, 0.6) is 11.5 Å². The molecule has 186 valence electrons. The molecule has 0 amide bonds. The standard InChI is InChI=1S/C26H34ClNO6/c1-6-8-32-9-10-34-25(31)21-15(3)28-18-13-26(4,5)14-19(29)23(18)22(21)16-11-17(27)24(30)20(12-16)33-7-2/h11-12,22,28,30H,6-10,13-14H2,1-5H3. The molecular formula is C26H34ClNO6. The summed E-state index contributed by atoms with van der Waals surface area (Å²) in [6, 6.07) is 3.22. The minimum Gasteiger partial charge on any atom is -0.503 e. The van der Waals surface area contributed by atoms with E-state index < -0.39 is 11.9 Å². The number of phenols is 1. The van der Waals surface area contributed by atoms with Crippen LogP contribution >= 0.6 is 11.6 Å². The normalized spacial score (nSPS) is 19.6. The van der Waals surface area contributed by atoms with Crippen LogP contribution in [0.3, 0.4) is 0 Å². The summed E-state index contributed by atoms with van der Waals surface area (Å²) >= 11 is 6.33. The number of carbonyl (C=O) groups is 2. The van der Waals surface area contributed by atoms with Crippen molar-refractivity contribution < 1.29 is 28.9 Å². The molecule has 3 rings (SSSR count). The molecule has 2 aliphatic rings. The Morgan fingerprint density at radius 2 is 1.94 bits per heavy atom. The Balaban J connectivity index is 2.07. The number of ketones is 1. The van der Waals surface area contributed by atoms with Crippen molar-refractivity contribution in [3.63, 3.8) is 0 Å². The minimum absolute atomic E-state index is 0.0324. The van der Waals surface area contributed by atoms with Crippen molar-refractivity contribution >= 4 is 23.4 Å². The van der Waals surface area contributed by atoms with Crippen molar-refractivity contribution in [2.75, 3.05) is 26.4 Å². The summed E-state index contributed by atoms with van der Waals surface area (Å²) in [5, 5.41) is 13.7. The molecule has 1 aliphatic carbocycles. The van der Waals surface area contributed by atoms with Gasteiger partial charge in [-0.25, -0.2) is 4.79 Å². The molecule has 0 fully saturated rings. The molecule has 1 heterocycles. The molecule has 8 heteroatoms. The van der Waals surface area contributed by atoms with Gasteiger partial charge < -0.3 is 24.6 Å². The Morgan fingerprint density at radius 1 is 1.21 bits per heavy atom. The average Bonchev–Trinajstić information content (AvgIpc) is 2.74. The second-order valence-electron chi connectivity index (χ2n) is 9.46. The van der Waals surface area contributed by atoms with Crippen LogP contribution in [-0.4, -0.2) is 43.3 Å². The first-order valence-corrected chi connectivity index (χ1v) is 12.1. The number of benzene rings is 1. The molecule has 1 aliphatic heterocycles. The second kappa shape index (κ2) is 10.8. The minimum atomic E-state index is -0.693. The van der Waals surface area contributed by atoms with E-state index in [1.165, 1.54) is 0 Å². The Kier molecular flexibility index (Phi) is 8.31. The smallest absolute Gasteiger partial charge is 0.336 e. The summed E-state index contributed by atoms with van der Waals surface area (Å²) in [6.45, 7) is 11.0. The Bertz CT molecular complexity index is 1030. The number of rotatable bonds is 9. The highest BCUT2D eigenvalue weighted by atomic mass is 35.5. The maximum absolute atomic E-state index is 13.4. The zero-order chi connectivity index (χ0) is 25.0. The topological polar surface area (TPSA) is 94.1 Å². The number of nitrogens with one attached hydrogen (secondary N) is 1. The maximum atomic E-state index is 13.4. The van der Waals surface area contributed by atoms with Gasteiger partial charge in [0.2, 0.25) is 0 Å². The number of hydrogen-bond donors (Lipinski definition) is 2. The van der Waals surface area contributed by atoms with Gasteiger partial charge in [-0.1, -0.05) is 32.4 Å². The van der Waals surface area contributed by atoms with Crippen molar-refractivity contribution in [2.24, 2.45) is 5.41 Å². The molecule has 0 aromatic heterocycles. The molecule has 0 bridgehead atoms. The summed E-state index contributed by atoms with van der Waals surface area (Å²) in [7, 11) is 0. The first kappa shape index (κ1) is 26.1. The summed E-state index contributed by atoms with van der Waals surface area (Å²) < 4.78 is 16.5. The number of hydrogen-bond acceptors (Lipinski definition) is 7. The van der Waals surface area contributed by atoms with E-state index in [0.29, 0.717) is 55.1 Å². The van der Waals surface area contributed by atoms with Gasteiger partial charge in [-0.3, -0.25) is 4.79 Å². The molecule has 1 aromatic carbocycles.